The number of H-pyrrole nitrogens is 1. The SMILES string of the molecule is COc1ccc2c3c([nH]c2c1)[C@H](CO)N(C(=O)NC(C)C)CC31CN(C(=O)C2CCCC2)C1. The molecule has 3 N–H and O–H groups in total. The van der Waals surface area contributed by atoms with E-state index in [2.05, 4.69) is 10.3 Å². The van der Waals surface area contributed by atoms with Crippen LogP contribution >= 0.6 is 0 Å². The summed E-state index contributed by atoms with van der Waals surface area (Å²) < 4.78 is 5.41. The summed E-state index contributed by atoms with van der Waals surface area (Å²) in [6, 6.07) is 5.27. The number of rotatable bonds is 4. The molecule has 2 aliphatic heterocycles. The molecule has 178 valence electrons. The van der Waals surface area contributed by atoms with Crippen LogP contribution in [0.1, 0.15) is 56.8 Å². The van der Waals surface area contributed by atoms with E-state index >= 15 is 0 Å². The Bertz CT molecular complexity index is 1070. The van der Waals surface area contributed by atoms with Crippen LogP contribution in [-0.2, 0) is 10.2 Å². The van der Waals surface area contributed by atoms with Gasteiger partial charge in [0.05, 0.1) is 25.2 Å². The highest BCUT2D eigenvalue weighted by molar-refractivity contribution is 5.90. The number of ether oxygens (including phenoxy) is 1. The minimum absolute atomic E-state index is 0.0111. The second kappa shape index (κ2) is 8.24. The summed E-state index contributed by atoms with van der Waals surface area (Å²) in [5, 5.41) is 14.4. The minimum Gasteiger partial charge on any atom is -0.497 e. The average molecular weight is 455 g/mol. The molecule has 1 saturated carbocycles. The smallest absolute Gasteiger partial charge is 0.318 e. The second-order valence-corrected chi connectivity index (χ2v) is 10.2. The number of urea groups is 1. The van der Waals surface area contributed by atoms with Crippen molar-refractivity contribution in [3.05, 3.63) is 29.5 Å². The van der Waals surface area contributed by atoms with Gasteiger partial charge in [-0.25, -0.2) is 4.79 Å². The topological polar surface area (TPSA) is 97.9 Å². The van der Waals surface area contributed by atoms with Crippen molar-refractivity contribution in [3.8, 4) is 5.75 Å². The van der Waals surface area contributed by atoms with E-state index in [9.17, 15) is 14.7 Å². The van der Waals surface area contributed by atoms with Crippen molar-refractivity contribution in [2.75, 3.05) is 33.4 Å². The maximum Gasteiger partial charge on any atom is 0.318 e. The molecule has 2 aromatic rings. The Morgan fingerprint density at radius 2 is 1.97 bits per heavy atom. The minimum atomic E-state index is -0.470. The van der Waals surface area contributed by atoms with Crippen molar-refractivity contribution < 1.29 is 19.4 Å². The van der Waals surface area contributed by atoms with Gasteiger partial charge in [0.15, 0.2) is 0 Å². The van der Waals surface area contributed by atoms with Gasteiger partial charge in [0.2, 0.25) is 5.91 Å². The summed E-state index contributed by atoms with van der Waals surface area (Å²) >= 11 is 0. The van der Waals surface area contributed by atoms with Crippen molar-refractivity contribution in [2.24, 2.45) is 5.92 Å². The van der Waals surface area contributed by atoms with Gasteiger partial charge in [-0.1, -0.05) is 12.8 Å². The van der Waals surface area contributed by atoms with Crippen molar-refractivity contribution in [1.82, 2.24) is 20.1 Å². The van der Waals surface area contributed by atoms with Crippen LogP contribution in [0.4, 0.5) is 4.79 Å². The lowest BCUT2D eigenvalue weighted by molar-refractivity contribution is -0.144. The Balaban J connectivity index is 1.55. The quantitative estimate of drug-likeness (QED) is 0.662. The van der Waals surface area contributed by atoms with Crippen molar-refractivity contribution in [3.63, 3.8) is 0 Å². The fraction of sp³-hybridized carbons (Fsp3) is 0.600. The first-order valence-corrected chi connectivity index (χ1v) is 12.0. The molecule has 0 radical (unpaired) electrons. The number of carbonyl (C=O) groups excluding carboxylic acids is 2. The molecule has 2 fully saturated rings. The number of hydrogen-bond acceptors (Lipinski definition) is 4. The van der Waals surface area contributed by atoms with Gasteiger partial charge in [0, 0.05) is 54.3 Å². The molecule has 0 unspecified atom stereocenters. The molecule has 8 heteroatoms. The largest absolute Gasteiger partial charge is 0.497 e. The summed E-state index contributed by atoms with van der Waals surface area (Å²) in [5.41, 5.74) is 2.56. The summed E-state index contributed by atoms with van der Waals surface area (Å²) in [5.74, 6) is 1.14. The van der Waals surface area contributed by atoms with E-state index in [1.165, 1.54) is 0 Å². The molecule has 5 rings (SSSR count). The molecule has 3 aliphatic rings. The highest BCUT2D eigenvalue weighted by atomic mass is 16.5. The van der Waals surface area contributed by atoms with E-state index in [1.54, 1.807) is 12.0 Å². The molecular formula is C25H34N4O4. The normalized spacial score (nSPS) is 22.0. The molecule has 0 bridgehead atoms. The Hall–Kier alpha value is -2.74. The van der Waals surface area contributed by atoms with Crippen LogP contribution in [0.2, 0.25) is 0 Å². The Kier molecular flexibility index (Phi) is 5.51. The fourth-order valence-corrected chi connectivity index (χ4v) is 6.08. The summed E-state index contributed by atoms with van der Waals surface area (Å²) in [7, 11) is 1.64. The second-order valence-electron chi connectivity index (χ2n) is 10.2. The zero-order valence-corrected chi connectivity index (χ0v) is 19.7. The molecule has 1 aliphatic carbocycles. The third-order valence-corrected chi connectivity index (χ3v) is 7.60. The third-order valence-electron chi connectivity index (χ3n) is 7.60. The van der Waals surface area contributed by atoms with Crippen LogP contribution in [0.25, 0.3) is 10.9 Å². The zero-order valence-electron chi connectivity index (χ0n) is 19.7. The standard InChI is InChI=1S/C25H34N4O4/c1-15(2)26-24(32)29-14-25(12-28(13-25)23(31)16-6-4-5-7-16)21-18-9-8-17(33-3)10-19(18)27-22(21)20(29)11-30/h8-10,15-16,20,27,30H,4-7,11-14H2,1-3H3,(H,26,32)/t20-/m0/s1. The predicted octanol–water partition coefficient (Wildman–Crippen LogP) is 2.91. The molecule has 1 aromatic carbocycles. The van der Waals surface area contributed by atoms with Crippen LogP contribution in [0.15, 0.2) is 18.2 Å². The van der Waals surface area contributed by atoms with Crippen LogP contribution in [-0.4, -0.2) is 71.2 Å². The number of aliphatic hydroxyl groups excluding tert-OH is 1. The number of fused-ring (bicyclic) bond motifs is 4. The van der Waals surface area contributed by atoms with Gasteiger partial charge in [-0.05, 0) is 44.4 Å². The molecule has 3 amide bonds. The number of nitrogens with one attached hydrogen (secondary N) is 2. The first kappa shape index (κ1) is 22.1. The number of likely N-dealkylation sites (tertiary alicyclic amines) is 1. The molecule has 1 spiro atoms. The van der Waals surface area contributed by atoms with Gasteiger partial charge < -0.3 is 29.9 Å². The first-order valence-electron chi connectivity index (χ1n) is 12.0. The Morgan fingerprint density at radius 3 is 2.61 bits per heavy atom. The van der Waals surface area contributed by atoms with Crippen LogP contribution in [0, 0.1) is 5.92 Å². The fourth-order valence-electron chi connectivity index (χ4n) is 6.08. The monoisotopic (exact) mass is 454 g/mol. The first-order chi connectivity index (χ1) is 15.9. The summed E-state index contributed by atoms with van der Waals surface area (Å²) in [6.45, 7) is 5.34. The molecule has 1 aromatic heterocycles. The van der Waals surface area contributed by atoms with E-state index in [4.69, 9.17) is 4.74 Å². The maximum absolute atomic E-state index is 13.1. The van der Waals surface area contributed by atoms with Gasteiger partial charge in [-0.2, -0.15) is 0 Å². The number of hydrogen-bond donors (Lipinski definition) is 3. The molecule has 3 heterocycles. The lowest BCUT2D eigenvalue weighted by atomic mass is 9.68. The van der Waals surface area contributed by atoms with Crippen molar-refractivity contribution in [2.45, 2.75) is 57.0 Å². The van der Waals surface area contributed by atoms with E-state index in [0.29, 0.717) is 19.6 Å². The zero-order chi connectivity index (χ0) is 23.3. The number of aliphatic hydroxyl groups is 1. The molecular weight excluding hydrogens is 420 g/mol. The maximum atomic E-state index is 13.1. The number of nitrogens with zero attached hydrogens (tertiary/aromatic N) is 2. The van der Waals surface area contributed by atoms with E-state index in [1.807, 2.05) is 36.9 Å². The number of methoxy groups -OCH3 is 1. The van der Waals surface area contributed by atoms with Crippen LogP contribution < -0.4 is 10.1 Å². The Morgan fingerprint density at radius 1 is 1.24 bits per heavy atom. The van der Waals surface area contributed by atoms with Gasteiger partial charge in [-0.3, -0.25) is 4.79 Å². The van der Waals surface area contributed by atoms with E-state index in [-0.39, 0.29) is 35.9 Å². The number of amides is 3. The number of aromatic nitrogens is 1. The van der Waals surface area contributed by atoms with Crippen molar-refractivity contribution >= 4 is 22.8 Å². The Labute approximate surface area is 194 Å². The van der Waals surface area contributed by atoms with E-state index in [0.717, 1.165) is 53.6 Å². The average Bonchev–Trinajstić information content (AvgIpc) is 3.43. The molecule has 1 atom stereocenters. The van der Waals surface area contributed by atoms with Gasteiger partial charge >= 0.3 is 6.03 Å². The summed E-state index contributed by atoms with van der Waals surface area (Å²) in [4.78, 5) is 33.4. The highest BCUT2D eigenvalue weighted by Crippen LogP contribution is 2.49. The van der Waals surface area contributed by atoms with Gasteiger partial charge in [0.1, 0.15) is 5.75 Å². The highest BCUT2D eigenvalue weighted by Gasteiger charge is 2.55. The molecule has 33 heavy (non-hydrogen) atoms. The number of benzene rings is 1. The molecule has 8 nitrogen and oxygen atoms in total. The van der Waals surface area contributed by atoms with Gasteiger partial charge in [0.25, 0.3) is 0 Å². The number of aromatic amines is 1. The van der Waals surface area contributed by atoms with Crippen LogP contribution in [0.5, 0.6) is 5.75 Å². The molecule has 1 saturated heterocycles. The van der Waals surface area contributed by atoms with E-state index < -0.39 is 6.04 Å². The lowest BCUT2D eigenvalue weighted by Gasteiger charge is -2.56. The van der Waals surface area contributed by atoms with Crippen LogP contribution in [0.3, 0.4) is 0 Å². The summed E-state index contributed by atoms with van der Waals surface area (Å²) in [6.07, 6.45) is 4.22. The van der Waals surface area contributed by atoms with Gasteiger partial charge in [-0.15, -0.1) is 0 Å². The predicted molar refractivity (Wildman–Crippen MR) is 125 cm³/mol. The lowest BCUT2D eigenvalue weighted by Crippen LogP contribution is -2.69. The number of carbonyl (C=O) groups is 2. The van der Waals surface area contributed by atoms with Crippen molar-refractivity contribution in [1.29, 1.82) is 0 Å². The third kappa shape index (κ3) is 3.55.